The third-order valence-electron chi connectivity index (χ3n) is 15.1. The summed E-state index contributed by atoms with van der Waals surface area (Å²) in [4.78, 5) is 205. The summed E-state index contributed by atoms with van der Waals surface area (Å²) in [5, 5.41) is 35.0. The molecule has 12 rings (SSSR count). The number of benzene rings is 6. The summed E-state index contributed by atoms with van der Waals surface area (Å²) in [5.41, 5.74) is 1.41. The summed E-state index contributed by atoms with van der Waals surface area (Å²) >= 11 is 0. The zero-order valence-electron chi connectivity index (χ0n) is 75.5. The molecule has 0 aromatic heterocycles. The normalized spacial score (nSPS) is 16.3. The number of nitrogens with one attached hydrogen (secondary N) is 6. The molecule has 0 bridgehead atoms. The minimum Gasteiger partial charge on any atom is -0.684 e. The first-order chi connectivity index (χ1) is 61.2. The van der Waals surface area contributed by atoms with Crippen LogP contribution in [0.3, 0.4) is 0 Å². The molecule has 720 valence electrons. The van der Waals surface area contributed by atoms with Gasteiger partial charge in [-0.15, -0.1) is 179 Å². The number of amides is 18. The molecule has 6 aliphatic heterocycles. The van der Waals surface area contributed by atoms with Gasteiger partial charge in [0.25, 0.3) is 0 Å². The first-order valence-electron chi connectivity index (χ1n) is 37.6. The van der Waals surface area contributed by atoms with Gasteiger partial charge in [0, 0.05) is 134 Å². The number of nitrogens with zero attached hydrogens (tertiary/aromatic N) is 6. The second-order valence-electron chi connectivity index (χ2n) is 25.2. The minimum atomic E-state index is -0.992. The zero-order valence-corrected chi connectivity index (χ0v) is 93.1. The van der Waals surface area contributed by atoms with Gasteiger partial charge in [-0.1, -0.05) is 11.6 Å². The van der Waals surface area contributed by atoms with Crippen LogP contribution in [-0.4, -0.2) is 270 Å². The summed E-state index contributed by atoms with van der Waals surface area (Å²) in [7, 11) is 25.4. The van der Waals surface area contributed by atoms with Gasteiger partial charge in [-0.25, -0.2) is 9.59 Å². The molecule has 0 spiro atoms. The average Bonchev–Trinajstić information content (AvgIpc) is 0.834. The van der Waals surface area contributed by atoms with Gasteiger partial charge in [0.05, 0.1) is 41.7 Å². The van der Waals surface area contributed by atoms with Gasteiger partial charge in [0.15, 0.2) is 0 Å². The molecule has 0 radical (unpaired) electrons. The number of ether oxygens (including phenoxy) is 12. The van der Waals surface area contributed by atoms with Crippen molar-refractivity contribution in [2.45, 2.75) is 87.6 Å². The molecule has 48 heteroatoms. The predicted octanol–water partition coefficient (Wildman–Crippen LogP) is 6.09. The van der Waals surface area contributed by atoms with Crippen molar-refractivity contribution in [1.82, 2.24) is 31.9 Å². The molecular weight excluding hydrogens is 2780 g/mol. The van der Waals surface area contributed by atoms with E-state index in [0.29, 0.717) is 23.0 Å². The Morgan fingerprint density at radius 1 is 0.306 bits per heavy atom. The third kappa shape index (κ3) is 54.3. The Balaban J connectivity index is -0.000000350. The molecular formula is C86H100N12O30W6. The van der Waals surface area contributed by atoms with Crippen LogP contribution in [0, 0.1) is 36.4 Å². The summed E-state index contributed by atoms with van der Waals surface area (Å²) in [6.07, 6.45) is 0.117. The van der Waals surface area contributed by atoms with Crippen LogP contribution >= 0.6 is 0 Å². The fourth-order valence-corrected chi connectivity index (χ4v) is 9.44. The minimum absolute atomic E-state index is 0. The second-order valence-corrected chi connectivity index (χ2v) is 25.2. The maximum absolute atomic E-state index is 12.0. The number of rotatable bonds is 16. The monoisotopic (exact) mass is 2880 g/mol. The number of hydrogen-bond acceptors (Lipinski definition) is 30. The van der Waals surface area contributed by atoms with E-state index in [-0.39, 0.29) is 248 Å². The largest absolute Gasteiger partial charge is 2.00 e. The smallest absolute Gasteiger partial charge is 0.684 e. The second kappa shape index (κ2) is 78.9. The molecule has 18 amide bonds. The van der Waals surface area contributed by atoms with Crippen LogP contribution in [0.4, 0.5) is 9.59 Å². The molecule has 6 fully saturated rings. The Bertz CT molecular complexity index is 4420. The van der Waals surface area contributed by atoms with Crippen LogP contribution in [0.2, 0.25) is 0 Å². The van der Waals surface area contributed by atoms with Crippen LogP contribution < -0.4 is 50.8 Å². The van der Waals surface area contributed by atoms with Gasteiger partial charge >= 0.3 is 139 Å². The number of hydrogen-bond donors (Lipinski definition) is 6. The summed E-state index contributed by atoms with van der Waals surface area (Å²) in [6, 6.07) is 43.1. The summed E-state index contributed by atoms with van der Waals surface area (Å²) < 4.78 is 54.6. The molecule has 6 aromatic rings. The van der Waals surface area contributed by atoms with E-state index in [2.05, 4.69) is 127 Å². The van der Waals surface area contributed by atoms with E-state index in [1.54, 1.807) is 188 Å². The number of piperidine rings is 4. The molecule has 6 atom stereocenters. The van der Waals surface area contributed by atoms with Crippen molar-refractivity contribution in [2.24, 2.45) is 0 Å². The van der Waals surface area contributed by atoms with Crippen LogP contribution in [0.1, 0.15) is 114 Å². The number of imide groups is 6. The van der Waals surface area contributed by atoms with Crippen molar-refractivity contribution < 1.29 is 270 Å². The van der Waals surface area contributed by atoms with Gasteiger partial charge in [-0.2, -0.15) is 0 Å². The van der Waals surface area contributed by atoms with E-state index in [0.717, 1.165) is 0 Å². The molecule has 42 nitrogen and oxygen atoms in total. The van der Waals surface area contributed by atoms with Gasteiger partial charge in [-0.3, -0.25) is 79.8 Å². The standard InChI is InChI=1S/4C13H13N2O4.2C11H9N2O4.6C2H6O.6W/c1-19-9-4-2-8(3-5-9)12(17)14-10-6-7-11(16)15-13(10)18;2*1-19-9-4-2-3-8(7-9)12(17)14-10-5-6-11(16)15-13(10)18;1-19-10-5-3-2-4-8(10)12(17)14-9-6-7-11(16)15-13(9)18;2*14-9(7-4-2-1-3-5-7)12-8-6-17-11(16)13-10(8)15;6*1-3-2;;;;;;/h2,4-5,10H,6-7H2,1H3,(H2,14,15,16,17,18);2,4,7,10H,5-6H2,1H3,(H2,14,15,16,17,18);2-4,10H,5-6H2,1H3,(H2,14,15,16,17,18);2-3,5,9H,6-7H2,1H3,(H2,14,15,16,17,18);2*1-4,8H,6H2,(H2,12,13,14,15,16);6*1-2H3;;;;;;/q6*-1;;;;;;;6*+2/p-6/t;;;;2*8-;;;;;;;;;;;;/m....10............/s1. The maximum Gasteiger partial charge on any atom is 2.00 e. The average molecular weight is 2880 g/mol. The van der Waals surface area contributed by atoms with E-state index < -0.39 is 119 Å². The Morgan fingerprint density at radius 2 is 0.627 bits per heavy atom. The third-order valence-corrected chi connectivity index (χ3v) is 15.1. The fourth-order valence-electron chi connectivity index (χ4n) is 9.44. The van der Waals surface area contributed by atoms with Crippen LogP contribution in [-0.2, 0) is 212 Å². The molecule has 4 unspecified atom stereocenters. The van der Waals surface area contributed by atoms with Crippen molar-refractivity contribution in [2.75, 3.05) is 127 Å². The number of cyclic esters (lactones) is 2. The van der Waals surface area contributed by atoms with Crippen molar-refractivity contribution in [3.63, 3.8) is 0 Å². The van der Waals surface area contributed by atoms with Crippen molar-refractivity contribution in [3.05, 3.63) is 223 Å². The number of carbonyl (C=O) groups is 18. The van der Waals surface area contributed by atoms with Gasteiger partial charge in [0.2, 0.25) is 59.1 Å². The van der Waals surface area contributed by atoms with Gasteiger partial charge < -0.3 is 118 Å². The molecule has 0 aliphatic carbocycles. The molecule has 6 aromatic carbocycles. The van der Waals surface area contributed by atoms with Crippen molar-refractivity contribution in [1.29, 1.82) is 0 Å². The van der Waals surface area contributed by atoms with Crippen molar-refractivity contribution in [3.8, 4) is 23.0 Å². The van der Waals surface area contributed by atoms with Gasteiger partial charge in [-0.05, 0) is 97.4 Å². The fraction of sp³-hybridized carbons (Fsp3) is 0.372. The first-order valence-corrected chi connectivity index (χ1v) is 37.6. The van der Waals surface area contributed by atoms with E-state index >= 15 is 0 Å². The van der Waals surface area contributed by atoms with Crippen LogP contribution in [0.15, 0.2) is 121 Å². The Kier molecular flexibility index (Phi) is 79.2. The van der Waals surface area contributed by atoms with E-state index in [1.807, 2.05) is 10.6 Å². The summed E-state index contributed by atoms with van der Waals surface area (Å²) in [6.45, 7) is -0.438. The van der Waals surface area contributed by atoms with E-state index in [9.17, 15) is 86.3 Å². The Morgan fingerprint density at radius 3 is 0.948 bits per heavy atom. The molecule has 6 heterocycles. The zero-order chi connectivity index (χ0) is 96.1. The van der Waals surface area contributed by atoms with Crippen molar-refractivity contribution >= 4 is 107 Å². The molecule has 6 N–H and O–H groups in total. The quantitative estimate of drug-likeness (QED) is 0.0471. The van der Waals surface area contributed by atoms with Gasteiger partial charge in [0.1, 0.15) is 0 Å². The molecule has 0 saturated carbocycles. The van der Waals surface area contributed by atoms with E-state index in [1.165, 1.54) is 46.6 Å². The van der Waals surface area contributed by atoms with Crippen LogP contribution in [0.5, 0.6) is 23.0 Å². The molecule has 6 saturated heterocycles. The Labute approximate surface area is 861 Å². The summed E-state index contributed by atoms with van der Waals surface area (Å²) in [5.74, 6) is -6.22. The number of alkyl carbamates (subject to hydrolysis) is 2. The molecule has 6 aliphatic rings. The maximum atomic E-state index is 12.0. The molecule has 134 heavy (non-hydrogen) atoms. The first kappa shape index (κ1) is 134. The van der Waals surface area contributed by atoms with Crippen LogP contribution in [0.25, 0.3) is 31.9 Å². The van der Waals surface area contributed by atoms with E-state index in [4.69, 9.17) is 18.9 Å². The number of methoxy groups -OCH3 is 10. The topological polar surface area (TPSA) is 575 Å². The number of carbonyl (C=O) groups excluding carboxylic acids is 18. The Hall–Kier alpha value is -10.3. The predicted molar refractivity (Wildman–Crippen MR) is 453 cm³/mol. The SMILES string of the molecule is COC.COC.COC.COC.COC.COC.COc1[c-]c(C(=O)[N-]C2CCC(=O)NC2=O)ccc1.COc1c[c-]c(C(=O)[N-]C2CCC(=O)NC2=O)cc1.COc1cc[c-]c(C(=O)[N-]C2CCC(=O)NC2=O)c1.COc1ccc[c-]c1C(=O)[N-]C1CCC(=O)NC1=O.O=C1NC(=O)[C@@H]([N-]C(=O)c2[c-]cccc2)CO1.O=C1NC(=O)[C@H]([N-]C(=O)c2[c-]cccc2)CO1.[W+2].[W+2].[W+2].[W+2].[W+2].[W+2].